The maximum Gasteiger partial charge on any atom is 0.417 e. The van der Waals surface area contributed by atoms with E-state index in [0.717, 1.165) is 44.1 Å². The van der Waals surface area contributed by atoms with Gasteiger partial charge in [0.25, 0.3) is 0 Å². The van der Waals surface area contributed by atoms with E-state index < -0.39 is 51.2 Å². The summed E-state index contributed by atoms with van der Waals surface area (Å²) in [6, 6.07) is 8.38. The highest BCUT2D eigenvalue weighted by Crippen LogP contribution is 2.37. The number of hydrogen-bond donors (Lipinski definition) is 1. The van der Waals surface area contributed by atoms with Crippen LogP contribution in [0.3, 0.4) is 0 Å². The highest BCUT2D eigenvalue weighted by molar-refractivity contribution is 7.92. The molecule has 39 heavy (non-hydrogen) atoms. The van der Waals surface area contributed by atoms with E-state index in [2.05, 4.69) is 5.32 Å². The lowest BCUT2D eigenvalue weighted by atomic mass is 10.1. The number of halogens is 4. The van der Waals surface area contributed by atoms with E-state index in [1.807, 2.05) is 0 Å². The van der Waals surface area contributed by atoms with Gasteiger partial charge in [-0.25, -0.2) is 8.42 Å². The van der Waals surface area contributed by atoms with Crippen molar-refractivity contribution < 1.29 is 35.9 Å². The van der Waals surface area contributed by atoms with Gasteiger partial charge in [0.05, 0.1) is 29.6 Å². The summed E-state index contributed by atoms with van der Waals surface area (Å²) < 4.78 is 71.5. The molecule has 214 valence electrons. The Morgan fingerprint density at radius 3 is 2.41 bits per heavy atom. The number of sulfonamides is 1. The molecule has 0 saturated heterocycles. The number of ether oxygens (including phenoxy) is 1. The molecule has 0 radical (unpaired) electrons. The fraction of sp³-hybridized carbons (Fsp3) is 0.462. The minimum Gasteiger partial charge on any atom is -0.497 e. The van der Waals surface area contributed by atoms with Gasteiger partial charge in [-0.3, -0.25) is 13.9 Å². The highest BCUT2D eigenvalue weighted by Gasteiger charge is 2.36. The van der Waals surface area contributed by atoms with Gasteiger partial charge in [-0.05, 0) is 55.7 Å². The van der Waals surface area contributed by atoms with Gasteiger partial charge >= 0.3 is 6.18 Å². The molecular formula is C26H31ClF3N3O5S. The summed E-state index contributed by atoms with van der Waals surface area (Å²) in [6.07, 6.45) is -0.451. The van der Waals surface area contributed by atoms with Crippen LogP contribution < -0.4 is 14.4 Å². The molecule has 13 heteroatoms. The van der Waals surface area contributed by atoms with E-state index in [1.165, 1.54) is 18.9 Å². The molecule has 3 rings (SSSR count). The number of rotatable bonds is 10. The van der Waals surface area contributed by atoms with E-state index >= 15 is 0 Å². The van der Waals surface area contributed by atoms with Gasteiger partial charge in [0.15, 0.2) is 0 Å². The lowest BCUT2D eigenvalue weighted by Crippen LogP contribution is -2.52. The lowest BCUT2D eigenvalue weighted by molar-refractivity contribution is -0.139. The zero-order chi connectivity index (χ0) is 29.0. The van der Waals surface area contributed by atoms with E-state index in [1.54, 1.807) is 24.3 Å². The molecule has 1 N–H and O–H groups in total. The van der Waals surface area contributed by atoms with Crippen LogP contribution in [0.4, 0.5) is 18.9 Å². The first-order chi connectivity index (χ1) is 18.2. The molecule has 0 bridgehead atoms. The first kappa shape index (κ1) is 30.6. The molecule has 1 fully saturated rings. The largest absolute Gasteiger partial charge is 0.497 e. The van der Waals surface area contributed by atoms with Crippen LogP contribution in [-0.4, -0.2) is 57.1 Å². The Hall–Kier alpha value is -2.99. The van der Waals surface area contributed by atoms with Gasteiger partial charge < -0.3 is 15.0 Å². The predicted molar refractivity (Wildman–Crippen MR) is 142 cm³/mol. The molecule has 1 aliphatic rings. The minimum atomic E-state index is -4.84. The Bertz CT molecular complexity index is 1300. The van der Waals surface area contributed by atoms with E-state index in [9.17, 15) is 31.2 Å². The summed E-state index contributed by atoms with van der Waals surface area (Å²) in [5, 5.41) is 2.33. The first-order valence-electron chi connectivity index (χ1n) is 12.3. The van der Waals surface area contributed by atoms with Crippen molar-refractivity contribution in [1.29, 1.82) is 0 Å². The van der Waals surface area contributed by atoms with Crippen LogP contribution in [0, 0.1) is 0 Å². The molecule has 1 saturated carbocycles. The number of nitrogens with zero attached hydrogens (tertiary/aromatic N) is 2. The number of anilines is 1. The third-order valence-electron chi connectivity index (χ3n) is 6.58. The molecule has 0 heterocycles. The summed E-state index contributed by atoms with van der Waals surface area (Å²) in [5.74, 6) is -0.669. The fourth-order valence-corrected chi connectivity index (χ4v) is 5.51. The molecule has 0 aromatic heterocycles. The molecule has 1 atom stereocenters. The number of carbonyl (C=O) groups is 2. The quantitative estimate of drug-likeness (QED) is 0.437. The van der Waals surface area contributed by atoms with Crippen molar-refractivity contribution >= 4 is 39.1 Å². The van der Waals surface area contributed by atoms with Crippen molar-refractivity contribution in [2.75, 3.05) is 24.2 Å². The van der Waals surface area contributed by atoms with Crippen LogP contribution >= 0.6 is 11.6 Å². The Balaban J connectivity index is 1.95. The number of nitrogens with one attached hydrogen (secondary N) is 1. The van der Waals surface area contributed by atoms with Gasteiger partial charge in [-0.2, -0.15) is 13.2 Å². The number of benzene rings is 2. The maximum absolute atomic E-state index is 13.6. The predicted octanol–water partition coefficient (Wildman–Crippen LogP) is 4.61. The monoisotopic (exact) mass is 589 g/mol. The van der Waals surface area contributed by atoms with Crippen molar-refractivity contribution in [3.63, 3.8) is 0 Å². The van der Waals surface area contributed by atoms with Crippen LogP contribution in [0.1, 0.15) is 43.7 Å². The fourth-order valence-electron chi connectivity index (χ4n) is 4.44. The average Bonchev–Trinajstić information content (AvgIpc) is 3.37. The highest BCUT2D eigenvalue weighted by atomic mass is 35.5. The zero-order valence-electron chi connectivity index (χ0n) is 21.8. The average molecular weight is 590 g/mol. The summed E-state index contributed by atoms with van der Waals surface area (Å²) >= 11 is 5.70. The standard InChI is InChI=1S/C26H31ClF3N3O5S/c1-17(25(35)31-19-8-4-5-9-19)32(15-18-7-6-10-21(13-18)38-2)24(34)16-33(39(3,36)37)20-11-12-23(27)22(14-20)26(28,29)30/h6-7,10-14,17,19H,4-5,8-9,15-16H2,1-3H3,(H,31,35). The molecule has 2 amide bonds. The first-order valence-corrected chi connectivity index (χ1v) is 14.5. The number of carbonyl (C=O) groups excluding carboxylic acids is 2. The van der Waals surface area contributed by atoms with E-state index in [4.69, 9.17) is 16.3 Å². The smallest absolute Gasteiger partial charge is 0.417 e. The molecule has 8 nitrogen and oxygen atoms in total. The van der Waals surface area contributed by atoms with Crippen LogP contribution in [0.25, 0.3) is 0 Å². The third kappa shape index (κ3) is 8.01. The molecule has 2 aromatic rings. The molecule has 1 aliphatic carbocycles. The second-order valence-corrected chi connectivity index (χ2v) is 11.8. The minimum absolute atomic E-state index is 0.0175. The van der Waals surface area contributed by atoms with E-state index in [-0.39, 0.29) is 18.3 Å². The Labute approximate surface area is 231 Å². The van der Waals surface area contributed by atoms with Gasteiger partial charge in [-0.15, -0.1) is 0 Å². The molecule has 2 aromatic carbocycles. The number of alkyl halides is 3. The van der Waals surface area contributed by atoms with Crippen molar-refractivity contribution in [1.82, 2.24) is 10.2 Å². The second-order valence-electron chi connectivity index (χ2n) is 9.47. The van der Waals surface area contributed by atoms with Gasteiger partial charge in [0.2, 0.25) is 21.8 Å². The summed E-state index contributed by atoms with van der Waals surface area (Å²) in [6.45, 7) is 0.626. The van der Waals surface area contributed by atoms with Crippen LogP contribution in [0.15, 0.2) is 42.5 Å². The SMILES string of the molecule is COc1cccc(CN(C(=O)CN(c2ccc(Cl)c(C(F)(F)F)c2)S(C)(=O)=O)C(C)C(=O)NC2CCCC2)c1. The molecular weight excluding hydrogens is 559 g/mol. The van der Waals surface area contributed by atoms with Crippen molar-refractivity contribution in [2.45, 2.75) is 57.4 Å². The molecule has 0 aliphatic heterocycles. The zero-order valence-corrected chi connectivity index (χ0v) is 23.4. The normalized spacial score (nSPS) is 15.1. The van der Waals surface area contributed by atoms with Gasteiger partial charge in [-0.1, -0.05) is 36.6 Å². The van der Waals surface area contributed by atoms with Crippen molar-refractivity contribution in [3.8, 4) is 5.75 Å². The maximum atomic E-state index is 13.6. The second kappa shape index (κ2) is 12.5. The Kier molecular flexibility index (Phi) is 9.76. The van der Waals surface area contributed by atoms with Crippen LogP contribution in [0.2, 0.25) is 5.02 Å². The number of methoxy groups -OCH3 is 1. The van der Waals surface area contributed by atoms with E-state index in [0.29, 0.717) is 21.7 Å². The van der Waals surface area contributed by atoms with Crippen molar-refractivity contribution in [2.24, 2.45) is 0 Å². The topological polar surface area (TPSA) is 96.0 Å². The number of amides is 2. The van der Waals surface area contributed by atoms with Crippen LogP contribution in [-0.2, 0) is 32.3 Å². The van der Waals surface area contributed by atoms with Crippen molar-refractivity contribution in [3.05, 3.63) is 58.6 Å². The summed E-state index contributed by atoms with van der Waals surface area (Å²) in [5.41, 5.74) is -1.01. The van der Waals surface area contributed by atoms with Gasteiger partial charge in [0, 0.05) is 12.6 Å². The Morgan fingerprint density at radius 2 is 1.82 bits per heavy atom. The number of hydrogen-bond acceptors (Lipinski definition) is 5. The molecule has 1 unspecified atom stereocenters. The third-order valence-corrected chi connectivity index (χ3v) is 8.05. The lowest BCUT2D eigenvalue weighted by Gasteiger charge is -2.32. The molecule has 0 spiro atoms. The summed E-state index contributed by atoms with van der Waals surface area (Å²) in [7, 11) is -2.74. The van der Waals surface area contributed by atoms with Gasteiger partial charge in [0.1, 0.15) is 18.3 Å². The van der Waals surface area contributed by atoms with Crippen LogP contribution in [0.5, 0.6) is 5.75 Å². The Morgan fingerprint density at radius 1 is 1.15 bits per heavy atom. The summed E-state index contributed by atoms with van der Waals surface area (Å²) in [4.78, 5) is 27.9.